The Kier molecular flexibility index (Phi) is 58.1. The van der Waals surface area contributed by atoms with E-state index in [0.717, 1.165) is 64.2 Å². The molecule has 6 heteroatoms. The zero-order valence-corrected chi connectivity index (χ0v) is 47.6. The number of carbonyl (C=O) groups excluding carboxylic acids is 3. The summed E-state index contributed by atoms with van der Waals surface area (Å²) in [6.07, 6.45) is 69.4. The van der Waals surface area contributed by atoms with Crippen molar-refractivity contribution in [2.45, 2.75) is 367 Å². The van der Waals surface area contributed by atoms with Gasteiger partial charge in [-0.2, -0.15) is 0 Å². The van der Waals surface area contributed by atoms with Crippen LogP contribution >= 0.6 is 0 Å². The molecule has 0 aromatic rings. The normalized spacial score (nSPS) is 12.0. The van der Waals surface area contributed by atoms with Crippen LogP contribution in [0, 0.1) is 0 Å². The number of hydrogen-bond acceptors (Lipinski definition) is 6. The highest BCUT2D eigenvalue weighted by molar-refractivity contribution is 5.71. The zero-order valence-electron chi connectivity index (χ0n) is 47.6. The van der Waals surface area contributed by atoms with Gasteiger partial charge in [0.1, 0.15) is 13.2 Å². The first-order valence-corrected chi connectivity index (χ1v) is 31.7. The number of esters is 3. The molecule has 1 atom stereocenters. The maximum absolute atomic E-state index is 12.8. The van der Waals surface area contributed by atoms with Gasteiger partial charge in [0.05, 0.1) is 0 Å². The largest absolute Gasteiger partial charge is 0.462 e. The summed E-state index contributed by atoms with van der Waals surface area (Å²) in [5.41, 5.74) is 0. The lowest BCUT2D eigenvalue weighted by Gasteiger charge is -2.18. The number of carbonyl (C=O) groups is 3. The number of rotatable bonds is 59. The number of allylic oxidation sites excluding steroid dienone is 2. The fourth-order valence-electron chi connectivity index (χ4n) is 9.74. The molecular weight excluding hydrogens is 865 g/mol. The van der Waals surface area contributed by atoms with E-state index in [4.69, 9.17) is 14.2 Å². The molecule has 0 spiro atoms. The minimum Gasteiger partial charge on any atom is -0.462 e. The molecule has 0 aliphatic rings. The van der Waals surface area contributed by atoms with Crippen LogP contribution in [0.1, 0.15) is 361 Å². The monoisotopic (exact) mass is 987 g/mol. The van der Waals surface area contributed by atoms with Crippen LogP contribution in [-0.2, 0) is 28.6 Å². The molecule has 0 amide bonds. The van der Waals surface area contributed by atoms with Gasteiger partial charge < -0.3 is 14.2 Å². The van der Waals surface area contributed by atoms with E-state index in [2.05, 4.69) is 32.9 Å². The number of unbranched alkanes of at least 4 members (excludes halogenated alkanes) is 46. The topological polar surface area (TPSA) is 78.9 Å². The van der Waals surface area contributed by atoms with Crippen molar-refractivity contribution in [3.05, 3.63) is 12.2 Å². The summed E-state index contributed by atoms with van der Waals surface area (Å²) < 4.78 is 16.9. The van der Waals surface area contributed by atoms with Gasteiger partial charge >= 0.3 is 17.9 Å². The molecule has 0 fully saturated rings. The Morgan fingerprint density at radius 1 is 0.271 bits per heavy atom. The van der Waals surface area contributed by atoms with Crippen molar-refractivity contribution in [3.8, 4) is 0 Å². The van der Waals surface area contributed by atoms with Gasteiger partial charge in [-0.1, -0.05) is 309 Å². The van der Waals surface area contributed by atoms with Gasteiger partial charge in [-0.15, -0.1) is 0 Å². The summed E-state index contributed by atoms with van der Waals surface area (Å²) >= 11 is 0. The Labute approximate surface area is 437 Å². The van der Waals surface area contributed by atoms with Crippen LogP contribution in [0.4, 0.5) is 0 Å². The van der Waals surface area contributed by atoms with Gasteiger partial charge in [0.25, 0.3) is 0 Å². The summed E-state index contributed by atoms with van der Waals surface area (Å²) in [4.78, 5) is 38.2. The predicted molar refractivity (Wildman–Crippen MR) is 303 cm³/mol. The minimum absolute atomic E-state index is 0.0673. The smallest absolute Gasteiger partial charge is 0.306 e. The predicted octanol–water partition coefficient (Wildman–Crippen LogP) is 21.3. The molecule has 6 nitrogen and oxygen atoms in total. The maximum Gasteiger partial charge on any atom is 0.306 e. The molecule has 0 heterocycles. The van der Waals surface area contributed by atoms with Crippen LogP contribution in [0.5, 0.6) is 0 Å². The molecular formula is C64H122O6. The third-order valence-electron chi connectivity index (χ3n) is 14.5. The Bertz CT molecular complexity index is 1090. The zero-order chi connectivity index (χ0) is 50.7. The van der Waals surface area contributed by atoms with E-state index in [1.165, 1.54) is 257 Å². The van der Waals surface area contributed by atoms with Crippen molar-refractivity contribution in [1.82, 2.24) is 0 Å². The molecule has 1 unspecified atom stereocenters. The first kappa shape index (κ1) is 68.2. The molecule has 0 N–H and O–H groups in total. The van der Waals surface area contributed by atoms with E-state index in [-0.39, 0.29) is 31.1 Å². The first-order valence-electron chi connectivity index (χ1n) is 31.7. The van der Waals surface area contributed by atoms with Gasteiger partial charge in [-0.05, 0) is 44.9 Å². The number of hydrogen-bond donors (Lipinski definition) is 0. The molecule has 0 aromatic heterocycles. The second-order valence-electron chi connectivity index (χ2n) is 21.7. The van der Waals surface area contributed by atoms with Gasteiger partial charge in [-0.3, -0.25) is 14.4 Å². The van der Waals surface area contributed by atoms with Crippen LogP contribution in [-0.4, -0.2) is 37.2 Å². The molecule has 0 saturated carbocycles. The summed E-state index contributed by atoms with van der Waals surface area (Å²) in [6, 6.07) is 0. The van der Waals surface area contributed by atoms with E-state index in [0.29, 0.717) is 19.3 Å². The molecule has 414 valence electrons. The molecule has 0 aliphatic carbocycles. The average molecular weight is 988 g/mol. The standard InChI is InChI=1S/C64H122O6/c1-4-7-10-13-16-19-22-25-27-28-29-30-31-32-33-34-35-36-37-38-40-42-45-48-51-54-57-63(66)69-60-61(59-68-62(65)56-53-50-47-44-41-24-21-18-15-12-9-6-3)70-64(67)58-55-52-49-46-43-39-26-23-20-17-14-11-8-5-2/h23,26,61H,4-22,24-25,27-60H2,1-3H3/b26-23-. The third-order valence-corrected chi connectivity index (χ3v) is 14.5. The fraction of sp³-hybridized carbons (Fsp3) is 0.922. The molecule has 0 rings (SSSR count). The van der Waals surface area contributed by atoms with Crippen LogP contribution in [0.15, 0.2) is 12.2 Å². The highest BCUT2D eigenvalue weighted by atomic mass is 16.6. The summed E-state index contributed by atoms with van der Waals surface area (Å²) in [5.74, 6) is -0.850. The van der Waals surface area contributed by atoms with Gasteiger partial charge in [0, 0.05) is 19.3 Å². The Balaban J connectivity index is 4.15. The third kappa shape index (κ3) is 57.1. The lowest BCUT2D eigenvalue weighted by Crippen LogP contribution is -2.30. The average Bonchev–Trinajstić information content (AvgIpc) is 3.36. The first-order chi connectivity index (χ1) is 34.5. The van der Waals surface area contributed by atoms with E-state index in [1.54, 1.807) is 0 Å². The molecule has 0 saturated heterocycles. The second-order valence-corrected chi connectivity index (χ2v) is 21.7. The number of ether oxygens (including phenoxy) is 3. The molecule has 70 heavy (non-hydrogen) atoms. The second kappa shape index (κ2) is 59.7. The highest BCUT2D eigenvalue weighted by Gasteiger charge is 2.19. The Morgan fingerprint density at radius 3 is 0.714 bits per heavy atom. The van der Waals surface area contributed by atoms with Crippen LogP contribution in [0.2, 0.25) is 0 Å². The Hall–Kier alpha value is -1.85. The quantitative estimate of drug-likeness (QED) is 0.0261. The molecule has 0 radical (unpaired) electrons. The van der Waals surface area contributed by atoms with Crippen LogP contribution < -0.4 is 0 Å². The van der Waals surface area contributed by atoms with Crippen molar-refractivity contribution in [1.29, 1.82) is 0 Å². The SMILES string of the molecule is CCCCCCC/C=C\CCCCCCCC(=O)OC(COC(=O)CCCCCCCCCCCCCC)COC(=O)CCCCCCCCCCCCCCCCCCCCCCCCCCCC. The van der Waals surface area contributed by atoms with Gasteiger partial charge in [-0.25, -0.2) is 0 Å². The molecule has 0 aromatic carbocycles. The fourth-order valence-corrected chi connectivity index (χ4v) is 9.74. The van der Waals surface area contributed by atoms with E-state index < -0.39 is 6.10 Å². The summed E-state index contributed by atoms with van der Waals surface area (Å²) in [7, 11) is 0. The lowest BCUT2D eigenvalue weighted by atomic mass is 10.0. The van der Waals surface area contributed by atoms with Gasteiger partial charge in [0.15, 0.2) is 6.10 Å². The Morgan fingerprint density at radius 2 is 0.471 bits per heavy atom. The van der Waals surface area contributed by atoms with E-state index >= 15 is 0 Å². The van der Waals surface area contributed by atoms with Crippen molar-refractivity contribution >= 4 is 17.9 Å². The summed E-state index contributed by atoms with van der Waals surface area (Å²) in [6.45, 7) is 6.69. The van der Waals surface area contributed by atoms with Crippen LogP contribution in [0.25, 0.3) is 0 Å². The molecule has 0 aliphatic heterocycles. The summed E-state index contributed by atoms with van der Waals surface area (Å²) in [5, 5.41) is 0. The van der Waals surface area contributed by atoms with E-state index in [1.807, 2.05) is 0 Å². The highest BCUT2D eigenvalue weighted by Crippen LogP contribution is 2.18. The van der Waals surface area contributed by atoms with Crippen molar-refractivity contribution < 1.29 is 28.6 Å². The van der Waals surface area contributed by atoms with Crippen molar-refractivity contribution in [3.63, 3.8) is 0 Å². The molecule has 0 bridgehead atoms. The van der Waals surface area contributed by atoms with Gasteiger partial charge in [0.2, 0.25) is 0 Å². The van der Waals surface area contributed by atoms with Crippen molar-refractivity contribution in [2.75, 3.05) is 13.2 Å². The van der Waals surface area contributed by atoms with Crippen molar-refractivity contribution in [2.24, 2.45) is 0 Å². The minimum atomic E-state index is -0.769. The lowest BCUT2D eigenvalue weighted by molar-refractivity contribution is -0.167. The maximum atomic E-state index is 12.8. The van der Waals surface area contributed by atoms with Crippen LogP contribution in [0.3, 0.4) is 0 Å². The van der Waals surface area contributed by atoms with E-state index in [9.17, 15) is 14.4 Å².